The summed E-state index contributed by atoms with van der Waals surface area (Å²) in [7, 11) is 0. The van der Waals surface area contributed by atoms with Gasteiger partial charge in [0.2, 0.25) is 5.91 Å². The zero-order valence-corrected chi connectivity index (χ0v) is 11.5. The Balaban J connectivity index is 2.02. The van der Waals surface area contributed by atoms with Gasteiger partial charge in [0.1, 0.15) is 5.75 Å². The Morgan fingerprint density at radius 2 is 1.90 bits per heavy atom. The number of nitro groups is 1. The molecule has 21 heavy (non-hydrogen) atoms. The van der Waals surface area contributed by atoms with Crippen molar-refractivity contribution < 1.29 is 14.8 Å². The molecule has 0 saturated carbocycles. The van der Waals surface area contributed by atoms with Crippen LogP contribution in [0.15, 0.2) is 42.5 Å². The quantitative estimate of drug-likeness (QED) is 0.515. The number of carbonyl (C=O) groups is 1. The van der Waals surface area contributed by atoms with Gasteiger partial charge in [-0.05, 0) is 17.7 Å². The summed E-state index contributed by atoms with van der Waals surface area (Å²) in [5, 5.41) is 22.6. The molecule has 0 aliphatic heterocycles. The number of nitrogens with zero attached hydrogens (tertiary/aromatic N) is 1. The summed E-state index contributed by atoms with van der Waals surface area (Å²) in [6.07, 6.45) is 0.0647. The highest BCUT2D eigenvalue weighted by Crippen LogP contribution is 2.26. The molecule has 2 N–H and O–H groups in total. The highest BCUT2D eigenvalue weighted by Gasteiger charge is 2.09. The maximum Gasteiger partial charge on any atom is 0.269 e. The van der Waals surface area contributed by atoms with E-state index in [1.807, 2.05) is 0 Å². The lowest BCUT2D eigenvalue weighted by Gasteiger charge is -2.07. The molecule has 0 radical (unpaired) electrons. The third-order valence-corrected chi connectivity index (χ3v) is 3.05. The lowest BCUT2D eigenvalue weighted by molar-refractivity contribution is -0.384. The predicted molar refractivity (Wildman–Crippen MR) is 78.5 cm³/mol. The number of halogens is 1. The van der Waals surface area contributed by atoms with E-state index < -0.39 is 4.92 Å². The van der Waals surface area contributed by atoms with Crippen LogP contribution in [-0.4, -0.2) is 15.9 Å². The molecule has 0 aliphatic rings. The van der Waals surface area contributed by atoms with Gasteiger partial charge in [0.25, 0.3) is 5.69 Å². The van der Waals surface area contributed by atoms with Crippen LogP contribution in [0.2, 0.25) is 5.02 Å². The van der Waals surface area contributed by atoms with E-state index in [1.165, 1.54) is 42.5 Å². The van der Waals surface area contributed by atoms with Crippen LogP contribution in [0.5, 0.6) is 5.75 Å². The molecule has 0 saturated heterocycles. The van der Waals surface area contributed by atoms with E-state index in [0.717, 1.165) is 0 Å². The Morgan fingerprint density at radius 3 is 2.48 bits per heavy atom. The average molecular weight is 307 g/mol. The molecule has 108 valence electrons. The molecule has 0 aliphatic carbocycles. The number of non-ortho nitro benzene ring substituents is 1. The minimum Gasteiger partial charge on any atom is -0.508 e. The van der Waals surface area contributed by atoms with E-state index in [4.69, 9.17) is 11.6 Å². The molecule has 0 aromatic heterocycles. The van der Waals surface area contributed by atoms with Crippen molar-refractivity contribution in [3.63, 3.8) is 0 Å². The molecule has 0 spiro atoms. The fourth-order valence-corrected chi connectivity index (χ4v) is 1.94. The van der Waals surface area contributed by atoms with Gasteiger partial charge in [-0.2, -0.15) is 0 Å². The van der Waals surface area contributed by atoms with Gasteiger partial charge in [0, 0.05) is 18.2 Å². The molecule has 0 heterocycles. The number of nitrogens with one attached hydrogen (secondary N) is 1. The smallest absolute Gasteiger partial charge is 0.269 e. The van der Waals surface area contributed by atoms with Crippen LogP contribution in [0.1, 0.15) is 5.56 Å². The highest BCUT2D eigenvalue weighted by atomic mass is 35.5. The molecule has 0 bridgehead atoms. The molecule has 2 rings (SSSR count). The van der Waals surface area contributed by atoms with Crippen LogP contribution in [0.4, 0.5) is 11.4 Å². The second-order valence-corrected chi connectivity index (χ2v) is 4.72. The fourth-order valence-electron chi connectivity index (χ4n) is 1.72. The molecule has 6 nitrogen and oxygen atoms in total. The Bertz CT molecular complexity index is 686. The lowest BCUT2D eigenvalue weighted by Crippen LogP contribution is -2.14. The number of nitro benzene ring substituents is 1. The first kappa shape index (κ1) is 14.8. The van der Waals surface area contributed by atoms with Gasteiger partial charge >= 0.3 is 0 Å². The summed E-state index contributed by atoms with van der Waals surface area (Å²) in [5.41, 5.74) is 1.01. The Labute approximate surface area is 125 Å². The van der Waals surface area contributed by atoms with Crippen molar-refractivity contribution in [2.45, 2.75) is 6.42 Å². The zero-order valence-electron chi connectivity index (χ0n) is 10.7. The minimum atomic E-state index is -0.500. The van der Waals surface area contributed by atoms with Gasteiger partial charge in [-0.1, -0.05) is 23.7 Å². The second-order valence-electron chi connectivity index (χ2n) is 4.31. The monoisotopic (exact) mass is 306 g/mol. The van der Waals surface area contributed by atoms with Crippen LogP contribution in [0, 0.1) is 10.1 Å². The Morgan fingerprint density at radius 1 is 1.24 bits per heavy atom. The van der Waals surface area contributed by atoms with E-state index in [1.54, 1.807) is 0 Å². The first-order valence-electron chi connectivity index (χ1n) is 5.97. The van der Waals surface area contributed by atoms with Crippen molar-refractivity contribution in [3.8, 4) is 5.75 Å². The van der Waals surface area contributed by atoms with Crippen molar-refractivity contribution in [1.29, 1.82) is 0 Å². The minimum absolute atomic E-state index is 0.00775. The summed E-state index contributed by atoms with van der Waals surface area (Å²) in [5.74, 6) is -0.301. The van der Waals surface area contributed by atoms with Crippen molar-refractivity contribution in [1.82, 2.24) is 0 Å². The Kier molecular flexibility index (Phi) is 4.39. The number of rotatable bonds is 4. The molecular weight excluding hydrogens is 296 g/mol. The lowest BCUT2D eigenvalue weighted by atomic mass is 10.1. The zero-order chi connectivity index (χ0) is 15.4. The van der Waals surface area contributed by atoms with Crippen LogP contribution in [0.3, 0.4) is 0 Å². The van der Waals surface area contributed by atoms with Crippen LogP contribution in [-0.2, 0) is 11.2 Å². The van der Waals surface area contributed by atoms with Gasteiger partial charge in [0.15, 0.2) is 0 Å². The summed E-state index contributed by atoms with van der Waals surface area (Å²) in [6.45, 7) is 0. The maximum absolute atomic E-state index is 11.9. The van der Waals surface area contributed by atoms with Gasteiger partial charge < -0.3 is 10.4 Å². The molecule has 2 aromatic rings. The van der Waals surface area contributed by atoms with Crippen molar-refractivity contribution in [2.75, 3.05) is 5.32 Å². The normalized spacial score (nSPS) is 10.1. The van der Waals surface area contributed by atoms with Crippen molar-refractivity contribution >= 4 is 28.9 Å². The van der Waals surface area contributed by atoms with Gasteiger partial charge in [-0.3, -0.25) is 14.9 Å². The predicted octanol–water partition coefficient (Wildman–Crippen LogP) is 3.14. The summed E-state index contributed by atoms with van der Waals surface area (Å²) in [6, 6.07) is 9.96. The fraction of sp³-hybridized carbons (Fsp3) is 0.0714. The van der Waals surface area contributed by atoms with E-state index in [-0.39, 0.29) is 28.8 Å². The highest BCUT2D eigenvalue weighted by molar-refractivity contribution is 6.33. The number of hydrogen-bond donors (Lipinski definition) is 2. The summed E-state index contributed by atoms with van der Waals surface area (Å²) < 4.78 is 0. The van der Waals surface area contributed by atoms with E-state index in [2.05, 4.69) is 5.32 Å². The number of benzene rings is 2. The van der Waals surface area contributed by atoms with Crippen LogP contribution >= 0.6 is 11.6 Å². The molecule has 2 aromatic carbocycles. The molecule has 0 fully saturated rings. The van der Waals surface area contributed by atoms with Gasteiger partial charge in [-0.15, -0.1) is 0 Å². The molecule has 0 unspecified atom stereocenters. The third kappa shape index (κ3) is 3.93. The SMILES string of the molecule is O=C(Cc1ccc([N+](=O)[O-])cc1)Nc1ccc(O)cc1Cl. The van der Waals surface area contributed by atoms with Crippen LogP contribution in [0.25, 0.3) is 0 Å². The number of aromatic hydroxyl groups is 1. The first-order valence-corrected chi connectivity index (χ1v) is 6.35. The summed E-state index contributed by atoms with van der Waals surface area (Å²) in [4.78, 5) is 21.9. The number of anilines is 1. The Hall–Kier alpha value is -2.60. The standard InChI is InChI=1S/C14H11ClN2O4/c15-12-8-11(18)5-6-13(12)16-14(19)7-9-1-3-10(4-2-9)17(20)21/h1-6,8,18H,7H2,(H,16,19). The van der Waals surface area contributed by atoms with Gasteiger partial charge in [-0.25, -0.2) is 0 Å². The van der Waals surface area contributed by atoms with Crippen LogP contribution < -0.4 is 5.32 Å². The number of carbonyl (C=O) groups excluding carboxylic acids is 1. The van der Waals surface area contributed by atoms with E-state index in [0.29, 0.717) is 11.3 Å². The first-order chi connectivity index (χ1) is 9.95. The van der Waals surface area contributed by atoms with Gasteiger partial charge in [0.05, 0.1) is 22.1 Å². The maximum atomic E-state index is 11.9. The van der Waals surface area contributed by atoms with E-state index in [9.17, 15) is 20.0 Å². The third-order valence-electron chi connectivity index (χ3n) is 2.74. The molecule has 7 heteroatoms. The molecule has 0 atom stereocenters. The van der Waals surface area contributed by atoms with E-state index >= 15 is 0 Å². The number of amides is 1. The molecular formula is C14H11ClN2O4. The topological polar surface area (TPSA) is 92.5 Å². The van der Waals surface area contributed by atoms with Crippen molar-refractivity contribution in [3.05, 3.63) is 63.2 Å². The largest absolute Gasteiger partial charge is 0.508 e. The number of hydrogen-bond acceptors (Lipinski definition) is 4. The van der Waals surface area contributed by atoms with Crippen molar-refractivity contribution in [2.24, 2.45) is 0 Å². The average Bonchev–Trinajstić information content (AvgIpc) is 2.42. The molecule has 1 amide bonds. The number of phenolic OH excluding ortho intramolecular Hbond substituents is 1. The number of phenols is 1. The summed E-state index contributed by atoms with van der Waals surface area (Å²) >= 11 is 5.88. The second kappa shape index (κ2) is 6.23.